The van der Waals surface area contributed by atoms with Crippen LogP contribution in [-0.2, 0) is 14.8 Å². The Labute approximate surface area is 179 Å². The summed E-state index contributed by atoms with van der Waals surface area (Å²) in [5.74, 6) is -0.0211. The van der Waals surface area contributed by atoms with Crippen LogP contribution in [0.3, 0.4) is 0 Å². The molecule has 2 N–H and O–H groups in total. The quantitative estimate of drug-likeness (QED) is 0.563. The molecule has 0 aliphatic rings. The fourth-order valence-electron chi connectivity index (χ4n) is 2.68. The van der Waals surface area contributed by atoms with E-state index in [1.165, 1.54) is 36.0 Å². The van der Waals surface area contributed by atoms with Gasteiger partial charge in [0.05, 0.1) is 4.90 Å². The number of anilines is 1. The van der Waals surface area contributed by atoms with Crippen molar-refractivity contribution in [1.82, 2.24) is 4.72 Å². The van der Waals surface area contributed by atoms with Gasteiger partial charge in [0.25, 0.3) is 0 Å². The van der Waals surface area contributed by atoms with Gasteiger partial charge in [0, 0.05) is 5.69 Å². The zero-order valence-corrected chi connectivity index (χ0v) is 18.4. The Bertz CT molecular complexity index is 967. The Morgan fingerprint density at radius 2 is 1.80 bits per heavy atom. The topological polar surface area (TPSA) is 84.5 Å². The van der Waals surface area contributed by atoms with Gasteiger partial charge in [-0.15, -0.1) is 0 Å². The van der Waals surface area contributed by atoms with Gasteiger partial charge in [-0.05, 0) is 73.7 Å². The number of hydrogen-bond donors (Lipinski definition) is 2. The smallest absolute Gasteiger partial charge is 0.387 e. The van der Waals surface area contributed by atoms with Gasteiger partial charge in [0.15, 0.2) is 0 Å². The molecule has 0 fully saturated rings. The highest BCUT2D eigenvalue weighted by molar-refractivity contribution is 7.98. The first kappa shape index (κ1) is 24.1. The van der Waals surface area contributed by atoms with Crippen molar-refractivity contribution >= 4 is 33.4 Å². The fraction of sp³-hybridized carbons (Fsp3) is 0.350. The number of aryl methyl sites for hydroxylation is 2. The molecule has 2 rings (SSSR count). The number of sulfonamides is 1. The van der Waals surface area contributed by atoms with Crippen molar-refractivity contribution in [3.63, 3.8) is 0 Å². The number of amides is 1. The molecule has 6 nitrogen and oxygen atoms in total. The van der Waals surface area contributed by atoms with Crippen molar-refractivity contribution < 1.29 is 26.7 Å². The zero-order chi connectivity index (χ0) is 22.3. The molecule has 2 aromatic rings. The third-order valence-electron chi connectivity index (χ3n) is 4.20. The Hall–Kier alpha value is -2.17. The number of rotatable bonds is 10. The lowest BCUT2D eigenvalue weighted by Gasteiger charge is -2.19. The maximum absolute atomic E-state index is 12.9. The molecule has 30 heavy (non-hydrogen) atoms. The number of carbonyl (C=O) groups is 1. The largest absolute Gasteiger partial charge is 0.435 e. The van der Waals surface area contributed by atoms with Gasteiger partial charge in [-0.2, -0.15) is 25.3 Å². The second-order valence-electron chi connectivity index (χ2n) is 6.62. The average Bonchev–Trinajstić information content (AvgIpc) is 2.68. The molecule has 0 aliphatic carbocycles. The third-order valence-corrected chi connectivity index (χ3v) is 6.46. The van der Waals surface area contributed by atoms with Crippen LogP contribution in [0.1, 0.15) is 17.5 Å². The van der Waals surface area contributed by atoms with Gasteiger partial charge in [-0.25, -0.2) is 8.42 Å². The van der Waals surface area contributed by atoms with Crippen molar-refractivity contribution in [3.05, 3.63) is 53.6 Å². The molecule has 1 unspecified atom stereocenters. The monoisotopic (exact) mass is 458 g/mol. The molecule has 0 heterocycles. The summed E-state index contributed by atoms with van der Waals surface area (Å²) >= 11 is 1.49. The number of hydrogen-bond acceptors (Lipinski definition) is 5. The Balaban J connectivity index is 2.18. The van der Waals surface area contributed by atoms with Gasteiger partial charge >= 0.3 is 6.61 Å². The minimum Gasteiger partial charge on any atom is -0.435 e. The second-order valence-corrected chi connectivity index (χ2v) is 9.28. The number of thioether (sulfide) groups is 1. The number of benzene rings is 2. The van der Waals surface area contributed by atoms with Gasteiger partial charge < -0.3 is 10.1 Å². The molecule has 1 atom stereocenters. The summed E-state index contributed by atoms with van der Waals surface area (Å²) in [6, 6.07) is 9.47. The van der Waals surface area contributed by atoms with Crippen LogP contribution in [-0.4, -0.2) is 39.0 Å². The molecule has 0 aromatic heterocycles. The van der Waals surface area contributed by atoms with Crippen LogP contribution < -0.4 is 14.8 Å². The summed E-state index contributed by atoms with van der Waals surface area (Å²) < 4.78 is 57.1. The van der Waals surface area contributed by atoms with Crippen molar-refractivity contribution in [2.75, 3.05) is 17.3 Å². The van der Waals surface area contributed by atoms with Crippen molar-refractivity contribution in [2.24, 2.45) is 0 Å². The van der Waals surface area contributed by atoms with E-state index in [9.17, 15) is 22.0 Å². The highest BCUT2D eigenvalue weighted by atomic mass is 32.2. The van der Waals surface area contributed by atoms with E-state index >= 15 is 0 Å². The number of nitrogens with one attached hydrogen (secondary N) is 2. The normalized spacial score (nSPS) is 12.6. The van der Waals surface area contributed by atoms with Crippen LogP contribution in [0, 0.1) is 13.8 Å². The summed E-state index contributed by atoms with van der Waals surface area (Å²) in [5, 5.41) is 2.61. The number of carbonyl (C=O) groups excluding carboxylic acids is 1. The zero-order valence-electron chi connectivity index (χ0n) is 16.8. The highest BCUT2D eigenvalue weighted by Gasteiger charge is 2.26. The van der Waals surface area contributed by atoms with E-state index in [0.717, 1.165) is 5.56 Å². The van der Waals surface area contributed by atoms with Crippen molar-refractivity contribution in [1.29, 1.82) is 0 Å². The molecule has 164 valence electrons. The summed E-state index contributed by atoms with van der Waals surface area (Å²) in [6.07, 6.45) is 2.14. The van der Waals surface area contributed by atoms with Crippen LogP contribution in [0.15, 0.2) is 47.4 Å². The number of alkyl halides is 2. The van der Waals surface area contributed by atoms with E-state index in [1.54, 1.807) is 26.0 Å². The van der Waals surface area contributed by atoms with Gasteiger partial charge in [-0.1, -0.05) is 12.1 Å². The molecular weight excluding hydrogens is 434 g/mol. The highest BCUT2D eigenvalue weighted by Crippen LogP contribution is 2.20. The first-order valence-electron chi connectivity index (χ1n) is 9.06. The van der Waals surface area contributed by atoms with Crippen LogP contribution >= 0.6 is 11.8 Å². The van der Waals surface area contributed by atoms with Gasteiger partial charge in [0.1, 0.15) is 11.8 Å². The van der Waals surface area contributed by atoms with Crippen LogP contribution in [0.5, 0.6) is 5.75 Å². The van der Waals surface area contributed by atoms with Crippen LogP contribution in [0.25, 0.3) is 0 Å². The molecule has 0 saturated carbocycles. The Morgan fingerprint density at radius 1 is 1.13 bits per heavy atom. The van der Waals surface area contributed by atoms with Crippen LogP contribution in [0.2, 0.25) is 0 Å². The number of ether oxygens (including phenoxy) is 1. The SMILES string of the molecule is CSCCC(NS(=O)(=O)c1cc(C)ccc1C)C(=O)Nc1ccc(OC(F)F)cc1. The summed E-state index contributed by atoms with van der Waals surface area (Å²) in [6.45, 7) is 0.534. The molecule has 0 bridgehead atoms. The predicted molar refractivity (Wildman–Crippen MR) is 115 cm³/mol. The van der Waals surface area contributed by atoms with Crippen molar-refractivity contribution in [3.8, 4) is 5.75 Å². The average molecular weight is 459 g/mol. The summed E-state index contributed by atoms with van der Waals surface area (Å²) in [4.78, 5) is 12.9. The van der Waals surface area contributed by atoms with E-state index in [2.05, 4.69) is 14.8 Å². The summed E-state index contributed by atoms with van der Waals surface area (Å²) in [5.41, 5.74) is 1.70. The van der Waals surface area contributed by atoms with E-state index in [1.807, 2.05) is 12.3 Å². The van der Waals surface area contributed by atoms with Crippen molar-refractivity contribution in [2.45, 2.75) is 37.8 Å². The van der Waals surface area contributed by atoms with E-state index in [4.69, 9.17) is 0 Å². The summed E-state index contributed by atoms with van der Waals surface area (Å²) in [7, 11) is -3.92. The minimum atomic E-state index is -3.92. The van der Waals surface area contributed by atoms with E-state index in [0.29, 0.717) is 17.0 Å². The van der Waals surface area contributed by atoms with E-state index in [-0.39, 0.29) is 17.1 Å². The Morgan fingerprint density at radius 3 is 2.40 bits per heavy atom. The van der Waals surface area contributed by atoms with Gasteiger partial charge in [-0.3, -0.25) is 4.79 Å². The van der Waals surface area contributed by atoms with E-state index < -0.39 is 28.6 Å². The maximum Gasteiger partial charge on any atom is 0.387 e. The molecule has 10 heteroatoms. The molecule has 0 saturated heterocycles. The molecule has 0 spiro atoms. The molecule has 0 aliphatic heterocycles. The van der Waals surface area contributed by atoms with Gasteiger partial charge in [0.2, 0.25) is 15.9 Å². The maximum atomic E-state index is 12.9. The predicted octanol–water partition coefficient (Wildman–Crippen LogP) is 3.94. The lowest BCUT2D eigenvalue weighted by molar-refractivity contribution is -0.117. The lowest BCUT2D eigenvalue weighted by Crippen LogP contribution is -2.44. The second kappa shape index (κ2) is 10.7. The fourth-order valence-corrected chi connectivity index (χ4v) is 4.71. The first-order valence-corrected chi connectivity index (χ1v) is 11.9. The van der Waals surface area contributed by atoms with Crippen LogP contribution in [0.4, 0.5) is 14.5 Å². The first-order chi connectivity index (χ1) is 14.1. The third kappa shape index (κ3) is 6.96. The standard InChI is InChI=1S/C20H24F2N2O4S2/c1-13-4-5-14(2)18(12-13)30(26,27)24-17(10-11-29-3)19(25)23-15-6-8-16(9-7-15)28-20(21)22/h4-9,12,17,20,24H,10-11H2,1-3H3,(H,23,25). The molecule has 2 aromatic carbocycles. The lowest BCUT2D eigenvalue weighted by atomic mass is 10.2. The molecule has 0 radical (unpaired) electrons. The molecule has 1 amide bonds. The Kier molecular flexibility index (Phi) is 8.63. The minimum absolute atomic E-state index is 0.0439. The molecular formula is C20H24F2N2O4S2. The number of halogens is 2.